The summed E-state index contributed by atoms with van der Waals surface area (Å²) in [6.45, 7) is 0.859. The predicted molar refractivity (Wildman–Crippen MR) is 97.9 cm³/mol. The molecule has 4 nitrogen and oxygen atoms in total. The molecule has 0 radical (unpaired) electrons. The van der Waals surface area contributed by atoms with Gasteiger partial charge in [0.15, 0.2) is 0 Å². The Kier molecular flexibility index (Phi) is 7.35. The lowest BCUT2D eigenvalue weighted by molar-refractivity contribution is 0.0287. The van der Waals surface area contributed by atoms with E-state index in [4.69, 9.17) is 15.2 Å². The molecule has 23 heavy (non-hydrogen) atoms. The van der Waals surface area contributed by atoms with Crippen LogP contribution in [0.3, 0.4) is 0 Å². The summed E-state index contributed by atoms with van der Waals surface area (Å²) in [5.74, 6) is 0. The molecule has 2 aromatic carbocycles. The second-order valence-electron chi connectivity index (χ2n) is 5.15. The van der Waals surface area contributed by atoms with Gasteiger partial charge in [0, 0.05) is 3.57 Å². The highest BCUT2D eigenvalue weighted by Crippen LogP contribution is 2.24. The molecule has 0 saturated heterocycles. The van der Waals surface area contributed by atoms with Gasteiger partial charge in [-0.15, -0.1) is 0 Å². The van der Waals surface area contributed by atoms with Gasteiger partial charge in [-0.3, -0.25) is 0 Å². The second-order valence-corrected chi connectivity index (χ2v) is 6.40. The molecule has 0 heterocycles. The van der Waals surface area contributed by atoms with E-state index in [9.17, 15) is 4.79 Å². The van der Waals surface area contributed by atoms with Crippen LogP contribution in [0.2, 0.25) is 0 Å². The van der Waals surface area contributed by atoms with Gasteiger partial charge < -0.3 is 15.2 Å². The molecule has 2 rings (SSSR count). The molecule has 0 aromatic heterocycles. The van der Waals surface area contributed by atoms with Crippen molar-refractivity contribution in [2.24, 2.45) is 5.73 Å². The monoisotopic (exact) mass is 425 g/mol. The predicted octanol–water partition coefficient (Wildman–Crippen LogP) is 4.42. The maximum atomic E-state index is 10.6. The molecule has 1 amide bonds. The molecular formula is C18H20INO3. The molecule has 122 valence electrons. The lowest BCUT2D eigenvalue weighted by atomic mass is 10.0. The minimum atomic E-state index is -0.735. The molecule has 0 saturated carbocycles. The molecule has 2 aromatic rings. The lowest BCUT2D eigenvalue weighted by Crippen LogP contribution is -2.14. The normalized spacial score (nSPS) is 11.9. The number of halogens is 1. The number of benzene rings is 2. The summed E-state index contributed by atoms with van der Waals surface area (Å²) in [5.41, 5.74) is 7.24. The maximum absolute atomic E-state index is 10.6. The first-order chi connectivity index (χ1) is 11.1. The van der Waals surface area contributed by atoms with Crippen molar-refractivity contribution in [2.45, 2.75) is 25.6 Å². The van der Waals surface area contributed by atoms with Crippen molar-refractivity contribution < 1.29 is 14.3 Å². The van der Waals surface area contributed by atoms with Crippen LogP contribution in [0.25, 0.3) is 0 Å². The number of ether oxygens (including phenoxy) is 2. The first-order valence-electron chi connectivity index (χ1n) is 7.48. The third-order valence-electron chi connectivity index (χ3n) is 3.37. The highest BCUT2D eigenvalue weighted by atomic mass is 127. The number of nitrogens with two attached hydrogens (primary N) is 1. The highest BCUT2D eigenvalue weighted by Gasteiger charge is 2.12. The Bertz CT molecular complexity index is 619. The maximum Gasteiger partial charge on any atom is 0.404 e. The Labute approximate surface area is 150 Å². The number of carbonyl (C=O) groups is 1. The van der Waals surface area contributed by atoms with Crippen molar-refractivity contribution in [2.75, 3.05) is 6.61 Å². The van der Waals surface area contributed by atoms with Gasteiger partial charge in [0.25, 0.3) is 0 Å². The van der Waals surface area contributed by atoms with Crippen LogP contribution in [0.15, 0.2) is 54.6 Å². The van der Waals surface area contributed by atoms with E-state index >= 15 is 0 Å². The van der Waals surface area contributed by atoms with E-state index in [0.717, 1.165) is 17.5 Å². The zero-order valence-corrected chi connectivity index (χ0v) is 14.9. The lowest BCUT2D eigenvalue weighted by Gasteiger charge is -2.18. The summed E-state index contributed by atoms with van der Waals surface area (Å²) in [6.07, 6.45) is 0.697. The highest BCUT2D eigenvalue weighted by molar-refractivity contribution is 14.1. The molecule has 2 N–H and O–H groups in total. The number of hydrogen-bond acceptors (Lipinski definition) is 3. The van der Waals surface area contributed by atoms with Gasteiger partial charge in [-0.25, -0.2) is 4.79 Å². The second kappa shape index (κ2) is 9.52. The fraction of sp³-hybridized carbons (Fsp3) is 0.278. The molecule has 0 bridgehead atoms. The Balaban J connectivity index is 1.94. The van der Waals surface area contributed by atoms with Crippen molar-refractivity contribution in [1.29, 1.82) is 0 Å². The van der Waals surface area contributed by atoms with Gasteiger partial charge in [0.05, 0.1) is 19.3 Å². The Hall–Kier alpha value is -1.60. The molecule has 5 heteroatoms. The summed E-state index contributed by atoms with van der Waals surface area (Å²) in [6, 6.07) is 18.3. The molecule has 0 aliphatic heterocycles. The van der Waals surface area contributed by atoms with Gasteiger partial charge in [-0.05, 0) is 58.7 Å². The average Bonchev–Trinajstić information content (AvgIpc) is 2.55. The molecule has 1 atom stereocenters. The van der Waals surface area contributed by atoms with Crippen LogP contribution < -0.4 is 5.73 Å². The SMILES string of the molecule is NC(=O)OCCCC(OCc1cccc(I)c1)c1ccccc1. The number of carbonyl (C=O) groups excluding carboxylic acids is 1. The van der Waals surface area contributed by atoms with Crippen molar-refractivity contribution in [3.05, 3.63) is 69.3 Å². The Morgan fingerprint density at radius 2 is 1.91 bits per heavy atom. The van der Waals surface area contributed by atoms with Crippen LogP contribution in [0.4, 0.5) is 4.79 Å². The Morgan fingerprint density at radius 3 is 2.61 bits per heavy atom. The Morgan fingerprint density at radius 1 is 1.13 bits per heavy atom. The van der Waals surface area contributed by atoms with E-state index in [1.165, 1.54) is 3.57 Å². The number of amides is 1. The van der Waals surface area contributed by atoms with Gasteiger partial charge in [-0.2, -0.15) is 0 Å². The number of rotatable bonds is 8. The van der Waals surface area contributed by atoms with E-state index in [-0.39, 0.29) is 6.10 Å². The van der Waals surface area contributed by atoms with Gasteiger partial charge in [-0.1, -0.05) is 42.5 Å². The summed E-state index contributed by atoms with van der Waals surface area (Å²) in [5, 5.41) is 0. The minimum absolute atomic E-state index is 0.0365. The quantitative estimate of drug-likeness (QED) is 0.503. The molecular weight excluding hydrogens is 405 g/mol. The van der Waals surface area contributed by atoms with Gasteiger partial charge >= 0.3 is 6.09 Å². The van der Waals surface area contributed by atoms with Crippen LogP contribution in [-0.2, 0) is 16.1 Å². The number of hydrogen-bond donors (Lipinski definition) is 1. The van der Waals surface area contributed by atoms with Crippen LogP contribution >= 0.6 is 22.6 Å². The van der Waals surface area contributed by atoms with Crippen LogP contribution in [0.1, 0.15) is 30.1 Å². The molecule has 0 fully saturated rings. The summed E-state index contributed by atoms with van der Waals surface area (Å²) in [7, 11) is 0. The van der Waals surface area contributed by atoms with E-state index in [1.807, 2.05) is 36.4 Å². The summed E-state index contributed by atoms with van der Waals surface area (Å²) >= 11 is 2.29. The smallest absolute Gasteiger partial charge is 0.404 e. The largest absolute Gasteiger partial charge is 0.450 e. The standard InChI is InChI=1S/C18H20INO3/c19-16-9-4-6-14(12-16)13-23-17(10-5-11-22-18(20)21)15-7-2-1-3-8-15/h1-4,6-9,12,17H,5,10-11,13H2,(H2,20,21). The van der Waals surface area contributed by atoms with E-state index in [2.05, 4.69) is 40.8 Å². The number of primary amides is 1. The third-order valence-corrected chi connectivity index (χ3v) is 4.04. The summed E-state index contributed by atoms with van der Waals surface area (Å²) in [4.78, 5) is 10.6. The van der Waals surface area contributed by atoms with E-state index < -0.39 is 6.09 Å². The fourth-order valence-corrected chi connectivity index (χ4v) is 2.89. The first-order valence-corrected chi connectivity index (χ1v) is 8.56. The van der Waals surface area contributed by atoms with Crippen molar-refractivity contribution in [1.82, 2.24) is 0 Å². The van der Waals surface area contributed by atoms with Crippen LogP contribution in [0, 0.1) is 3.57 Å². The zero-order chi connectivity index (χ0) is 16.5. The van der Waals surface area contributed by atoms with Crippen LogP contribution in [0.5, 0.6) is 0 Å². The fourth-order valence-electron chi connectivity index (χ4n) is 2.28. The molecule has 0 aliphatic carbocycles. The minimum Gasteiger partial charge on any atom is -0.450 e. The average molecular weight is 425 g/mol. The molecule has 0 spiro atoms. The van der Waals surface area contributed by atoms with Gasteiger partial charge in [0.1, 0.15) is 0 Å². The van der Waals surface area contributed by atoms with Crippen LogP contribution in [-0.4, -0.2) is 12.7 Å². The first kappa shape index (κ1) is 17.7. The van der Waals surface area contributed by atoms with E-state index in [0.29, 0.717) is 19.6 Å². The summed E-state index contributed by atoms with van der Waals surface area (Å²) < 4.78 is 12.1. The van der Waals surface area contributed by atoms with Crippen molar-refractivity contribution in [3.63, 3.8) is 0 Å². The zero-order valence-electron chi connectivity index (χ0n) is 12.8. The van der Waals surface area contributed by atoms with E-state index in [1.54, 1.807) is 0 Å². The third kappa shape index (κ3) is 6.58. The topological polar surface area (TPSA) is 61.6 Å². The van der Waals surface area contributed by atoms with Gasteiger partial charge in [0.2, 0.25) is 0 Å². The van der Waals surface area contributed by atoms with Crippen molar-refractivity contribution in [3.8, 4) is 0 Å². The van der Waals surface area contributed by atoms with Crippen molar-refractivity contribution >= 4 is 28.7 Å². The molecule has 0 aliphatic rings. The molecule has 1 unspecified atom stereocenters.